The maximum absolute atomic E-state index is 11.8. The highest BCUT2D eigenvalue weighted by molar-refractivity contribution is 6.32. The number of likely N-dealkylation sites (tertiary alicyclic amines) is 1. The minimum Gasteiger partial charge on any atom is -0.444 e. The molecule has 1 aromatic heterocycles. The molecule has 0 spiro atoms. The Morgan fingerprint density at radius 1 is 1.48 bits per heavy atom. The van der Waals surface area contributed by atoms with E-state index in [-0.39, 0.29) is 11.3 Å². The van der Waals surface area contributed by atoms with Crippen molar-refractivity contribution in [1.29, 1.82) is 0 Å². The smallest absolute Gasteiger partial charge is 0.407 e. The first-order valence-electron chi connectivity index (χ1n) is 7.62. The summed E-state index contributed by atoms with van der Waals surface area (Å²) in [5.74, 6) is 0. The first-order chi connectivity index (χ1) is 10.7. The van der Waals surface area contributed by atoms with E-state index in [1.54, 1.807) is 6.20 Å². The molecule has 2 heterocycles. The number of amides is 1. The standard InChI is InChI=1S/C15H22Cl2N4O2/c1-15(2,3)23-14(22)19-8-11-5-4-6-21(11)9-10-7-18-13(17)20-12(10)16/h7,11H,4-6,8-9H2,1-3H3,(H,19,22)/t11-/m1/s1. The minimum absolute atomic E-state index is 0.142. The number of carbonyl (C=O) groups is 1. The molecule has 6 nitrogen and oxygen atoms in total. The number of nitrogens with zero attached hydrogens (tertiary/aromatic N) is 3. The summed E-state index contributed by atoms with van der Waals surface area (Å²) in [7, 11) is 0. The van der Waals surface area contributed by atoms with Crippen molar-refractivity contribution >= 4 is 29.3 Å². The quantitative estimate of drug-likeness (QED) is 0.659. The van der Waals surface area contributed by atoms with Gasteiger partial charge in [0, 0.05) is 30.9 Å². The van der Waals surface area contributed by atoms with Crippen molar-refractivity contribution in [2.24, 2.45) is 0 Å². The van der Waals surface area contributed by atoms with Gasteiger partial charge in [-0.1, -0.05) is 11.6 Å². The number of ether oxygens (including phenoxy) is 1. The number of hydrogen-bond acceptors (Lipinski definition) is 5. The lowest BCUT2D eigenvalue weighted by Gasteiger charge is -2.26. The third-order valence-corrected chi connectivity index (χ3v) is 4.05. The van der Waals surface area contributed by atoms with Crippen LogP contribution in [-0.4, -0.2) is 45.7 Å². The molecule has 0 saturated carbocycles. The Morgan fingerprint density at radius 2 is 2.22 bits per heavy atom. The van der Waals surface area contributed by atoms with Crippen LogP contribution < -0.4 is 5.32 Å². The number of carbonyl (C=O) groups excluding carboxylic acids is 1. The Bertz CT molecular complexity index is 563. The molecule has 1 aliphatic rings. The van der Waals surface area contributed by atoms with Gasteiger partial charge >= 0.3 is 6.09 Å². The molecule has 1 N–H and O–H groups in total. The number of halogens is 2. The number of rotatable bonds is 4. The Labute approximate surface area is 146 Å². The second kappa shape index (κ2) is 7.64. The van der Waals surface area contributed by atoms with E-state index in [1.807, 2.05) is 20.8 Å². The number of alkyl carbamates (subject to hydrolysis) is 1. The van der Waals surface area contributed by atoms with Gasteiger partial charge in [0.15, 0.2) is 0 Å². The Kier molecular flexibility index (Phi) is 6.06. The van der Waals surface area contributed by atoms with E-state index in [9.17, 15) is 4.79 Å². The lowest BCUT2D eigenvalue weighted by atomic mass is 10.2. The summed E-state index contributed by atoms with van der Waals surface area (Å²) in [5, 5.41) is 3.35. The summed E-state index contributed by atoms with van der Waals surface area (Å²) in [6, 6.07) is 0.245. The molecule has 0 unspecified atom stereocenters. The number of aromatic nitrogens is 2. The largest absolute Gasteiger partial charge is 0.444 e. The van der Waals surface area contributed by atoms with Gasteiger partial charge < -0.3 is 10.1 Å². The lowest BCUT2D eigenvalue weighted by Crippen LogP contribution is -2.41. The molecule has 1 amide bonds. The highest BCUT2D eigenvalue weighted by Crippen LogP contribution is 2.23. The maximum Gasteiger partial charge on any atom is 0.407 e. The molecular weight excluding hydrogens is 339 g/mol. The first-order valence-corrected chi connectivity index (χ1v) is 8.38. The van der Waals surface area contributed by atoms with Gasteiger partial charge in [0.2, 0.25) is 5.28 Å². The second-order valence-electron chi connectivity index (χ2n) is 6.60. The Hall–Kier alpha value is -1.11. The predicted molar refractivity (Wildman–Crippen MR) is 89.7 cm³/mol. The van der Waals surface area contributed by atoms with Crippen LogP contribution in [0.2, 0.25) is 10.4 Å². The summed E-state index contributed by atoms with van der Waals surface area (Å²) in [6.45, 7) is 7.65. The third-order valence-electron chi connectivity index (χ3n) is 3.54. The van der Waals surface area contributed by atoms with Gasteiger partial charge in [0.05, 0.1) is 0 Å². The van der Waals surface area contributed by atoms with Crippen LogP contribution in [0.3, 0.4) is 0 Å². The fourth-order valence-corrected chi connectivity index (χ4v) is 2.91. The van der Waals surface area contributed by atoms with Gasteiger partial charge in [-0.3, -0.25) is 4.90 Å². The van der Waals surface area contributed by atoms with E-state index in [2.05, 4.69) is 20.2 Å². The van der Waals surface area contributed by atoms with Gasteiger partial charge in [-0.05, 0) is 51.8 Å². The van der Waals surface area contributed by atoms with E-state index in [1.165, 1.54) is 0 Å². The summed E-state index contributed by atoms with van der Waals surface area (Å²) >= 11 is 11.8. The molecule has 0 aliphatic carbocycles. The topological polar surface area (TPSA) is 67.3 Å². The van der Waals surface area contributed by atoms with E-state index in [0.29, 0.717) is 18.2 Å². The summed E-state index contributed by atoms with van der Waals surface area (Å²) in [5.41, 5.74) is 0.341. The molecule has 0 bridgehead atoms. The molecule has 1 saturated heterocycles. The molecule has 128 valence electrons. The van der Waals surface area contributed by atoms with Crippen molar-refractivity contribution in [3.8, 4) is 0 Å². The second-order valence-corrected chi connectivity index (χ2v) is 7.30. The van der Waals surface area contributed by atoms with Gasteiger partial charge in [-0.25, -0.2) is 14.8 Å². The Balaban J connectivity index is 1.89. The zero-order valence-electron chi connectivity index (χ0n) is 13.6. The van der Waals surface area contributed by atoms with Crippen LogP contribution >= 0.6 is 23.2 Å². The van der Waals surface area contributed by atoms with Crippen LogP contribution in [-0.2, 0) is 11.3 Å². The predicted octanol–water partition coefficient (Wildman–Crippen LogP) is 3.27. The van der Waals surface area contributed by atoms with Crippen LogP contribution in [0, 0.1) is 0 Å². The van der Waals surface area contributed by atoms with Crippen molar-refractivity contribution in [3.63, 3.8) is 0 Å². The fourth-order valence-electron chi connectivity index (χ4n) is 2.54. The van der Waals surface area contributed by atoms with Crippen LogP contribution in [0.25, 0.3) is 0 Å². The molecule has 1 fully saturated rings. The summed E-state index contributed by atoms with van der Waals surface area (Å²) in [6.07, 6.45) is 3.35. The minimum atomic E-state index is -0.492. The number of nitrogens with one attached hydrogen (secondary N) is 1. The van der Waals surface area contributed by atoms with Gasteiger partial charge in [-0.2, -0.15) is 0 Å². The highest BCUT2D eigenvalue weighted by atomic mass is 35.5. The van der Waals surface area contributed by atoms with Crippen LogP contribution in [0.15, 0.2) is 6.20 Å². The van der Waals surface area contributed by atoms with Gasteiger partial charge in [0.1, 0.15) is 10.8 Å². The molecule has 2 rings (SSSR count). The van der Waals surface area contributed by atoms with E-state index < -0.39 is 11.7 Å². The zero-order chi connectivity index (χ0) is 17.0. The monoisotopic (exact) mass is 360 g/mol. The maximum atomic E-state index is 11.8. The van der Waals surface area contributed by atoms with Crippen LogP contribution in [0.4, 0.5) is 4.79 Å². The van der Waals surface area contributed by atoms with Crippen molar-refractivity contribution in [2.45, 2.75) is 51.8 Å². The Morgan fingerprint density at radius 3 is 2.87 bits per heavy atom. The average molecular weight is 361 g/mol. The van der Waals surface area contributed by atoms with Crippen molar-refractivity contribution < 1.29 is 9.53 Å². The van der Waals surface area contributed by atoms with Crippen molar-refractivity contribution in [2.75, 3.05) is 13.1 Å². The third kappa shape index (κ3) is 5.79. The van der Waals surface area contributed by atoms with Crippen LogP contribution in [0.1, 0.15) is 39.2 Å². The first kappa shape index (κ1) is 18.2. The molecular formula is C15H22Cl2N4O2. The van der Waals surface area contributed by atoms with E-state index in [0.717, 1.165) is 24.9 Å². The molecule has 0 aromatic carbocycles. The summed E-state index contributed by atoms with van der Waals surface area (Å²) in [4.78, 5) is 22.0. The number of hydrogen-bond donors (Lipinski definition) is 1. The van der Waals surface area contributed by atoms with Gasteiger partial charge in [0.25, 0.3) is 0 Å². The van der Waals surface area contributed by atoms with E-state index in [4.69, 9.17) is 27.9 Å². The van der Waals surface area contributed by atoms with Crippen molar-refractivity contribution in [1.82, 2.24) is 20.2 Å². The van der Waals surface area contributed by atoms with Gasteiger partial charge in [-0.15, -0.1) is 0 Å². The molecule has 1 atom stereocenters. The SMILES string of the molecule is CC(C)(C)OC(=O)NC[C@H]1CCCN1Cc1cnc(Cl)nc1Cl. The van der Waals surface area contributed by atoms with E-state index >= 15 is 0 Å². The fraction of sp³-hybridized carbons (Fsp3) is 0.667. The van der Waals surface area contributed by atoms with Crippen molar-refractivity contribution in [3.05, 3.63) is 22.2 Å². The molecule has 8 heteroatoms. The molecule has 0 radical (unpaired) electrons. The normalized spacial score (nSPS) is 18.9. The average Bonchev–Trinajstić information content (AvgIpc) is 2.85. The molecule has 1 aromatic rings. The zero-order valence-corrected chi connectivity index (χ0v) is 15.1. The highest BCUT2D eigenvalue weighted by Gasteiger charge is 2.26. The lowest BCUT2D eigenvalue weighted by molar-refractivity contribution is 0.0512. The molecule has 23 heavy (non-hydrogen) atoms. The van der Waals surface area contributed by atoms with Crippen LogP contribution in [0.5, 0.6) is 0 Å². The summed E-state index contributed by atoms with van der Waals surface area (Å²) < 4.78 is 5.26. The molecule has 1 aliphatic heterocycles.